The van der Waals surface area contributed by atoms with Crippen LogP contribution < -0.4 is 10.2 Å². The van der Waals surface area contributed by atoms with Gasteiger partial charge in [0, 0.05) is 11.5 Å². The van der Waals surface area contributed by atoms with Crippen molar-refractivity contribution in [2.45, 2.75) is 26.5 Å². The minimum atomic E-state index is -1.15. The first kappa shape index (κ1) is 22.1. The summed E-state index contributed by atoms with van der Waals surface area (Å²) in [5.41, 5.74) is 3.72. The van der Waals surface area contributed by atoms with Crippen molar-refractivity contribution in [3.63, 3.8) is 0 Å². The normalized spacial score (nSPS) is 11.2. The van der Waals surface area contributed by atoms with Crippen molar-refractivity contribution in [2.24, 2.45) is 5.10 Å². The molecule has 0 fully saturated rings. The summed E-state index contributed by atoms with van der Waals surface area (Å²) in [4.78, 5) is 36.1. The van der Waals surface area contributed by atoms with Crippen molar-refractivity contribution in [2.75, 3.05) is 0 Å². The van der Waals surface area contributed by atoms with Crippen LogP contribution in [0.15, 0.2) is 52.2 Å². The number of aromatic nitrogens is 3. The molecule has 0 saturated heterocycles. The smallest absolute Gasteiger partial charge is 0.486 e. The van der Waals surface area contributed by atoms with Gasteiger partial charge in [-0.25, -0.2) is 10.2 Å². The SMILES string of the molecule is C/C(=N\NC(=O)CCn1cnc([N+](=O)[O-])n1)c1ccc(OCc2ccc(C(=O)O)o2)cc1. The highest BCUT2D eigenvalue weighted by Crippen LogP contribution is 2.16. The number of ether oxygens (including phenoxy) is 1. The van der Waals surface area contributed by atoms with Crippen LogP contribution in [-0.2, 0) is 17.9 Å². The molecule has 1 aromatic carbocycles. The molecule has 0 aliphatic rings. The number of rotatable bonds is 10. The standard InChI is InChI=1S/C19H18N6O7/c1-12(21-22-17(26)8-9-24-11-20-19(23-24)25(29)30)13-2-4-14(5-3-13)31-10-15-6-7-16(32-15)18(27)28/h2-7,11H,8-10H2,1H3,(H,22,26)(H,27,28)/b21-12+. The van der Waals surface area contributed by atoms with E-state index in [1.54, 1.807) is 31.2 Å². The van der Waals surface area contributed by atoms with Gasteiger partial charge in [0.15, 0.2) is 0 Å². The first-order valence-corrected chi connectivity index (χ1v) is 9.24. The van der Waals surface area contributed by atoms with Gasteiger partial charge in [-0.15, -0.1) is 0 Å². The highest BCUT2D eigenvalue weighted by molar-refractivity contribution is 5.99. The van der Waals surface area contributed by atoms with E-state index in [0.29, 0.717) is 17.2 Å². The van der Waals surface area contributed by atoms with Crippen molar-refractivity contribution >= 4 is 23.5 Å². The van der Waals surface area contributed by atoms with E-state index in [9.17, 15) is 19.7 Å². The first-order valence-electron chi connectivity index (χ1n) is 9.24. The number of aromatic carboxylic acids is 1. The molecular weight excluding hydrogens is 424 g/mol. The highest BCUT2D eigenvalue weighted by Gasteiger charge is 2.14. The number of furan rings is 1. The van der Waals surface area contributed by atoms with Crippen LogP contribution in [-0.4, -0.2) is 42.4 Å². The van der Waals surface area contributed by atoms with Gasteiger partial charge in [0.05, 0.1) is 12.3 Å². The van der Waals surface area contributed by atoms with Gasteiger partial charge < -0.3 is 24.4 Å². The minimum Gasteiger partial charge on any atom is -0.486 e. The van der Waals surface area contributed by atoms with E-state index in [0.717, 1.165) is 5.56 Å². The second-order valence-corrected chi connectivity index (χ2v) is 6.43. The second kappa shape index (κ2) is 9.97. The average molecular weight is 442 g/mol. The van der Waals surface area contributed by atoms with Gasteiger partial charge in [0.1, 0.15) is 18.1 Å². The Bertz CT molecular complexity index is 1150. The molecule has 0 aliphatic heterocycles. The largest absolute Gasteiger partial charge is 0.490 e. The summed E-state index contributed by atoms with van der Waals surface area (Å²) in [6, 6.07) is 9.79. The Hall–Kier alpha value is -4.55. The topological polar surface area (TPSA) is 175 Å². The zero-order chi connectivity index (χ0) is 23.1. The highest BCUT2D eigenvalue weighted by atomic mass is 16.6. The molecule has 0 saturated carbocycles. The monoisotopic (exact) mass is 442 g/mol. The van der Waals surface area contributed by atoms with Crippen molar-refractivity contribution in [3.8, 4) is 5.75 Å². The van der Waals surface area contributed by atoms with Crippen molar-refractivity contribution in [3.05, 3.63) is 69.9 Å². The number of carbonyl (C=O) groups is 2. The van der Waals surface area contributed by atoms with E-state index < -0.39 is 16.8 Å². The zero-order valence-electron chi connectivity index (χ0n) is 16.8. The van der Waals surface area contributed by atoms with E-state index in [4.69, 9.17) is 14.3 Å². The lowest BCUT2D eigenvalue weighted by molar-refractivity contribution is -0.394. The van der Waals surface area contributed by atoms with E-state index in [2.05, 4.69) is 20.6 Å². The van der Waals surface area contributed by atoms with Crippen LogP contribution in [0.1, 0.15) is 35.2 Å². The summed E-state index contributed by atoms with van der Waals surface area (Å²) in [6.45, 7) is 1.91. The Morgan fingerprint density at radius 2 is 2.03 bits per heavy atom. The number of carbonyl (C=O) groups excluding carboxylic acids is 1. The molecule has 2 aromatic heterocycles. The van der Waals surface area contributed by atoms with Crippen LogP contribution in [0.2, 0.25) is 0 Å². The Morgan fingerprint density at radius 1 is 1.28 bits per heavy atom. The molecule has 2 N–H and O–H groups in total. The van der Waals surface area contributed by atoms with Gasteiger partial charge >= 0.3 is 11.9 Å². The summed E-state index contributed by atoms with van der Waals surface area (Å²) in [5, 5.41) is 27.1. The van der Waals surface area contributed by atoms with Crippen LogP contribution >= 0.6 is 0 Å². The maximum Gasteiger partial charge on any atom is 0.490 e. The molecule has 0 radical (unpaired) electrons. The third-order valence-corrected chi connectivity index (χ3v) is 4.13. The third-order valence-electron chi connectivity index (χ3n) is 4.13. The predicted molar refractivity (Wildman–Crippen MR) is 108 cm³/mol. The summed E-state index contributed by atoms with van der Waals surface area (Å²) >= 11 is 0. The zero-order valence-corrected chi connectivity index (χ0v) is 16.8. The van der Waals surface area contributed by atoms with E-state index in [1.807, 2.05) is 0 Å². The number of aryl methyl sites for hydroxylation is 1. The number of carboxylic acids is 1. The van der Waals surface area contributed by atoms with Gasteiger partial charge in [-0.05, 0) is 53.8 Å². The van der Waals surface area contributed by atoms with Gasteiger partial charge in [0.25, 0.3) is 0 Å². The molecule has 3 aromatic rings. The molecule has 0 spiro atoms. The molecule has 0 aliphatic carbocycles. The van der Waals surface area contributed by atoms with E-state index >= 15 is 0 Å². The Balaban J connectivity index is 1.47. The molecule has 13 heteroatoms. The molecule has 1 amide bonds. The second-order valence-electron chi connectivity index (χ2n) is 6.43. The lowest BCUT2D eigenvalue weighted by Crippen LogP contribution is -2.21. The Labute approximate surface area is 180 Å². The Kier molecular flexibility index (Phi) is 6.90. The summed E-state index contributed by atoms with van der Waals surface area (Å²) in [5.74, 6) is -1.30. The average Bonchev–Trinajstić information content (AvgIpc) is 3.45. The lowest BCUT2D eigenvalue weighted by Gasteiger charge is -2.06. The fourth-order valence-electron chi connectivity index (χ4n) is 2.48. The number of carboxylic acid groups (broad SMARTS) is 1. The molecule has 13 nitrogen and oxygen atoms in total. The molecule has 32 heavy (non-hydrogen) atoms. The van der Waals surface area contributed by atoms with Crippen LogP contribution in [0.3, 0.4) is 0 Å². The Morgan fingerprint density at radius 3 is 2.66 bits per heavy atom. The van der Waals surface area contributed by atoms with E-state index in [1.165, 1.54) is 23.1 Å². The van der Waals surface area contributed by atoms with Crippen LogP contribution in [0.5, 0.6) is 5.75 Å². The van der Waals surface area contributed by atoms with Gasteiger partial charge in [-0.2, -0.15) is 9.78 Å². The molecule has 3 rings (SSSR count). The fourth-order valence-corrected chi connectivity index (χ4v) is 2.48. The van der Waals surface area contributed by atoms with Gasteiger partial charge in [-0.3, -0.25) is 4.79 Å². The van der Waals surface area contributed by atoms with Crippen molar-refractivity contribution in [1.82, 2.24) is 20.2 Å². The number of hydrogen-bond donors (Lipinski definition) is 2. The molecule has 0 unspecified atom stereocenters. The lowest BCUT2D eigenvalue weighted by atomic mass is 10.1. The summed E-state index contributed by atoms with van der Waals surface area (Å²) in [6.07, 6.45) is 1.20. The molecule has 0 atom stereocenters. The van der Waals surface area contributed by atoms with Crippen LogP contribution in [0, 0.1) is 10.1 Å². The summed E-state index contributed by atoms with van der Waals surface area (Å²) < 4.78 is 11.9. The molecular formula is C19H18N6O7. The number of amides is 1. The van der Waals surface area contributed by atoms with E-state index in [-0.39, 0.29) is 31.2 Å². The fraction of sp³-hybridized carbons (Fsp3) is 0.211. The number of hydrogen-bond acceptors (Lipinski definition) is 9. The maximum absolute atomic E-state index is 11.9. The summed E-state index contributed by atoms with van der Waals surface area (Å²) in [7, 11) is 0. The van der Waals surface area contributed by atoms with Gasteiger partial charge in [-0.1, -0.05) is 4.98 Å². The molecule has 166 valence electrons. The third kappa shape index (κ3) is 5.98. The van der Waals surface area contributed by atoms with Crippen molar-refractivity contribution in [1.29, 1.82) is 0 Å². The number of hydrazone groups is 1. The quantitative estimate of drug-likeness (QED) is 0.270. The number of nitrogens with one attached hydrogen (secondary N) is 1. The number of nitrogens with zero attached hydrogens (tertiary/aromatic N) is 5. The maximum atomic E-state index is 11.9. The number of benzene rings is 1. The molecule has 2 heterocycles. The van der Waals surface area contributed by atoms with Crippen LogP contribution in [0.25, 0.3) is 0 Å². The van der Waals surface area contributed by atoms with Gasteiger partial charge in [0.2, 0.25) is 18.0 Å². The first-order chi connectivity index (χ1) is 15.3. The number of nitro groups is 1. The minimum absolute atomic E-state index is 0.0143. The predicted octanol–water partition coefficient (Wildman–Crippen LogP) is 1.99. The van der Waals surface area contributed by atoms with Crippen LogP contribution in [0.4, 0.5) is 5.95 Å². The van der Waals surface area contributed by atoms with Crippen molar-refractivity contribution < 1.29 is 28.8 Å². The molecule has 0 bridgehead atoms.